The van der Waals surface area contributed by atoms with E-state index < -0.39 is 17.3 Å². The van der Waals surface area contributed by atoms with Gasteiger partial charge in [0.15, 0.2) is 6.40 Å². The van der Waals surface area contributed by atoms with Crippen LogP contribution in [0.3, 0.4) is 0 Å². The van der Waals surface area contributed by atoms with Gasteiger partial charge in [-0.25, -0.2) is 4.79 Å². The fourth-order valence-corrected chi connectivity index (χ4v) is 4.11. The lowest BCUT2D eigenvalue weighted by Crippen LogP contribution is -2.51. The number of nitrogens with zero attached hydrogens (tertiary/aromatic N) is 1. The molecule has 7 heteroatoms. The van der Waals surface area contributed by atoms with Crippen molar-refractivity contribution >= 4 is 18.4 Å². The maximum absolute atomic E-state index is 13.1. The molecule has 2 aromatic rings. The molecule has 2 atom stereocenters. The minimum absolute atomic E-state index is 0.106. The first-order chi connectivity index (χ1) is 14.6. The Kier molecular flexibility index (Phi) is 6.45. The molecule has 3 rings (SSSR count). The summed E-state index contributed by atoms with van der Waals surface area (Å²) in [6, 6.07) is 16.5. The van der Waals surface area contributed by atoms with Crippen LogP contribution < -0.4 is 0 Å². The normalized spacial score (nSPS) is 20.0. The lowest BCUT2D eigenvalue weighted by Gasteiger charge is -2.45. The SMILES string of the molecule is CC(c1ccc(C(=N)OC=N)cc1)N1CCC(CC(C)(C)O)(c2ccccc2)OC1=O. The van der Waals surface area contributed by atoms with Crippen LogP contribution in [-0.2, 0) is 15.1 Å². The molecule has 2 aromatic carbocycles. The highest BCUT2D eigenvalue weighted by molar-refractivity contribution is 5.95. The number of hydrogen-bond donors (Lipinski definition) is 3. The molecular weight excluding hydrogens is 394 g/mol. The molecule has 1 aliphatic heterocycles. The Bertz CT molecular complexity index is 938. The average molecular weight is 424 g/mol. The Labute approximate surface area is 182 Å². The molecule has 2 unspecified atom stereocenters. The van der Waals surface area contributed by atoms with Gasteiger partial charge in [-0.05, 0) is 44.0 Å². The summed E-state index contributed by atoms with van der Waals surface area (Å²) in [5, 5.41) is 25.2. The number of carbonyl (C=O) groups excluding carboxylic acids is 1. The fourth-order valence-electron chi connectivity index (χ4n) is 4.11. The zero-order valence-corrected chi connectivity index (χ0v) is 18.1. The summed E-state index contributed by atoms with van der Waals surface area (Å²) in [5.74, 6) is -0.106. The van der Waals surface area contributed by atoms with Gasteiger partial charge < -0.3 is 19.5 Å². The Morgan fingerprint density at radius 2 is 1.90 bits per heavy atom. The second-order valence-corrected chi connectivity index (χ2v) is 8.52. The summed E-state index contributed by atoms with van der Waals surface area (Å²) in [5.41, 5.74) is 0.456. The maximum Gasteiger partial charge on any atom is 0.411 e. The third-order valence-corrected chi connectivity index (χ3v) is 5.59. The van der Waals surface area contributed by atoms with Gasteiger partial charge in [0.2, 0.25) is 5.90 Å². The van der Waals surface area contributed by atoms with Gasteiger partial charge in [-0.1, -0.05) is 42.5 Å². The Morgan fingerprint density at radius 1 is 1.26 bits per heavy atom. The molecule has 0 saturated carbocycles. The number of carbonyl (C=O) groups is 1. The van der Waals surface area contributed by atoms with Crippen molar-refractivity contribution in [1.29, 1.82) is 10.8 Å². The molecule has 0 spiro atoms. The minimum atomic E-state index is -0.997. The van der Waals surface area contributed by atoms with Crippen molar-refractivity contribution in [3.05, 3.63) is 71.3 Å². The molecule has 164 valence electrons. The number of cyclic esters (lactones) is 1. The highest BCUT2D eigenvalue weighted by atomic mass is 16.6. The molecule has 1 aliphatic rings. The van der Waals surface area contributed by atoms with Gasteiger partial charge in [-0.2, -0.15) is 0 Å². The van der Waals surface area contributed by atoms with Crippen molar-refractivity contribution in [2.45, 2.75) is 50.9 Å². The van der Waals surface area contributed by atoms with E-state index in [1.807, 2.05) is 49.4 Å². The molecule has 31 heavy (non-hydrogen) atoms. The maximum atomic E-state index is 13.1. The number of ether oxygens (including phenoxy) is 2. The van der Waals surface area contributed by atoms with E-state index in [-0.39, 0.29) is 11.9 Å². The summed E-state index contributed by atoms with van der Waals surface area (Å²) in [4.78, 5) is 14.8. The van der Waals surface area contributed by atoms with Gasteiger partial charge in [-0.15, -0.1) is 0 Å². The van der Waals surface area contributed by atoms with E-state index in [9.17, 15) is 9.90 Å². The molecule has 0 bridgehead atoms. The van der Waals surface area contributed by atoms with E-state index in [0.29, 0.717) is 24.9 Å². The highest BCUT2D eigenvalue weighted by Crippen LogP contribution is 2.42. The van der Waals surface area contributed by atoms with Crippen molar-refractivity contribution in [2.75, 3.05) is 6.54 Å². The summed E-state index contributed by atoms with van der Waals surface area (Å²) in [6.07, 6.45) is 1.17. The van der Waals surface area contributed by atoms with Crippen LogP contribution in [0, 0.1) is 10.8 Å². The highest BCUT2D eigenvalue weighted by Gasteiger charge is 2.46. The van der Waals surface area contributed by atoms with Gasteiger partial charge in [0, 0.05) is 24.9 Å². The van der Waals surface area contributed by atoms with Crippen LogP contribution in [0.4, 0.5) is 4.79 Å². The first kappa shape index (κ1) is 22.5. The van der Waals surface area contributed by atoms with E-state index in [1.165, 1.54) is 0 Å². The quantitative estimate of drug-likeness (QED) is 0.447. The predicted octanol–water partition coefficient (Wildman–Crippen LogP) is 4.60. The van der Waals surface area contributed by atoms with Gasteiger partial charge in [-0.3, -0.25) is 10.8 Å². The van der Waals surface area contributed by atoms with Gasteiger partial charge in [0.1, 0.15) is 5.60 Å². The van der Waals surface area contributed by atoms with Crippen molar-refractivity contribution in [2.24, 2.45) is 0 Å². The number of amides is 1. The van der Waals surface area contributed by atoms with E-state index in [4.69, 9.17) is 20.3 Å². The third-order valence-electron chi connectivity index (χ3n) is 5.59. The number of rotatable bonds is 7. The van der Waals surface area contributed by atoms with E-state index in [2.05, 4.69) is 0 Å². The predicted molar refractivity (Wildman–Crippen MR) is 118 cm³/mol. The topological polar surface area (TPSA) is 107 Å². The molecule has 0 aliphatic carbocycles. The first-order valence-corrected chi connectivity index (χ1v) is 10.3. The Hall–Kier alpha value is -3.19. The van der Waals surface area contributed by atoms with Crippen LogP contribution >= 0.6 is 0 Å². The molecule has 7 nitrogen and oxygen atoms in total. The molecule has 0 aromatic heterocycles. The molecule has 1 heterocycles. The number of benzene rings is 2. The monoisotopic (exact) mass is 423 g/mol. The van der Waals surface area contributed by atoms with Crippen molar-refractivity contribution in [3.63, 3.8) is 0 Å². The van der Waals surface area contributed by atoms with E-state index >= 15 is 0 Å². The van der Waals surface area contributed by atoms with Crippen molar-refractivity contribution in [3.8, 4) is 0 Å². The zero-order valence-electron chi connectivity index (χ0n) is 18.1. The van der Waals surface area contributed by atoms with Crippen molar-refractivity contribution in [1.82, 2.24) is 4.90 Å². The van der Waals surface area contributed by atoms with Crippen LogP contribution in [0.5, 0.6) is 0 Å². The van der Waals surface area contributed by atoms with Crippen LogP contribution in [0.25, 0.3) is 0 Å². The molecule has 3 N–H and O–H groups in total. The lowest BCUT2D eigenvalue weighted by molar-refractivity contribution is -0.101. The van der Waals surface area contributed by atoms with E-state index in [1.54, 1.807) is 30.9 Å². The smallest absolute Gasteiger partial charge is 0.411 e. The third kappa shape index (κ3) is 5.11. The fraction of sp³-hybridized carbons (Fsp3) is 0.375. The summed E-state index contributed by atoms with van der Waals surface area (Å²) >= 11 is 0. The van der Waals surface area contributed by atoms with Crippen LogP contribution in [0.15, 0.2) is 54.6 Å². The Morgan fingerprint density at radius 3 is 2.45 bits per heavy atom. The minimum Gasteiger partial charge on any atom is -0.438 e. The van der Waals surface area contributed by atoms with Gasteiger partial charge in [0.05, 0.1) is 11.6 Å². The summed E-state index contributed by atoms with van der Waals surface area (Å²) in [6.45, 7) is 5.87. The summed E-state index contributed by atoms with van der Waals surface area (Å²) < 4.78 is 10.8. The molecule has 1 saturated heterocycles. The van der Waals surface area contributed by atoms with Gasteiger partial charge in [0.25, 0.3) is 0 Å². The zero-order chi connectivity index (χ0) is 22.6. The second-order valence-electron chi connectivity index (χ2n) is 8.52. The summed E-state index contributed by atoms with van der Waals surface area (Å²) in [7, 11) is 0. The number of aliphatic hydroxyl groups is 1. The second kappa shape index (κ2) is 8.89. The van der Waals surface area contributed by atoms with E-state index in [0.717, 1.165) is 17.5 Å². The first-order valence-electron chi connectivity index (χ1n) is 10.3. The van der Waals surface area contributed by atoms with Crippen molar-refractivity contribution < 1.29 is 19.4 Å². The van der Waals surface area contributed by atoms with Gasteiger partial charge >= 0.3 is 6.09 Å². The number of nitrogens with one attached hydrogen (secondary N) is 2. The van der Waals surface area contributed by atoms with Crippen LogP contribution in [0.1, 0.15) is 56.3 Å². The molecule has 1 amide bonds. The number of hydrogen-bond acceptors (Lipinski definition) is 6. The average Bonchev–Trinajstić information content (AvgIpc) is 2.73. The van der Waals surface area contributed by atoms with Crippen LogP contribution in [0.2, 0.25) is 0 Å². The largest absolute Gasteiger partial charge is 0.438 e. The molecular formula is C24H29N3O4. The standard InChI is InChI=1S/C24H29N3O4/c1-17(18-9-11-19(12-10-18)21(26)30-16-25)27-14-13-24(31-22(27)28,15-23(2,3)29)20-7-5-4-6-8-20/h4-12,16-17,25-26,29H,13-15H2,1-3H3. The lowest BCUT2D eigenvalue weighted by atomic mass is 9.80. The van der Waals surface area contributed by atoms with Crippen LogP contribution in [-0.4, -0.2) is 40.5 Å². The molecule has 0 radical (unpaired) electrons. The molecule has 1 fully saturated rings. The Balaban J connectivity index is 1.80.